The number of anilines is 1. The fourth-order valence-electron chi connectivity index (χ4n) is 2.53. The van der Waals surface area contributed by atoms with Gasteiger partial charge in [-0.15, -0.1) is 10.2 Å². The van der Waals surface area contributed by atoms with Gasteiger partial charge in [-0.05, 0) is 39.5 Å². The minimum atomic E-state index is -0.277. The monoisotopic (exact) mass is 333 g/mol. The lowest BCUT2D eigenvalue weighted by molar-refractivity contribution is -0.115. The van der Waals surface area contributed by atoms with Crippen LogP contribution in [0.15, 0.2) is 15.7 Å². The van der Waals surface area contributed by atoms with Gasteiger partial charge in [0.05, 0.1) is 5.25 Å². The first-order valence-corrected chi connectivity index (χ1v) is 8.85. The van der Waals surface area contributed by atoms with Gasteiger partial charge in [-0.1, -0.05) is 16.9 Å². The van der Waals surface area contributed by atoms with Crippen molar-refractivity contribution in [2.75, 3.05) is 5.32 Å². The van der Waals surface area contributed by atoms with Gasteiger partial charge in [0, 0.05) is 18.0 Å². The summed E-state index contributed by atoms with van der Waals surface area (Å²) in [7, 11) is 0. The third-order valence-corrected chi connectivity index (χ3v) is 5.13. The number of aromatic nitrogens is 4. The zero-order valence-corrected chi connectivity index (χ0v) is 14.0. The SMILES string of the molecule is Cc1cc(NC(=O)[C@@H](C)Sc2nnc(C3CC3)n2C2CC2)no1. The topological polar surface area (TPSA) is 85.8 Å². The molecule has 1 amide bonds. The van der Waals surface area contributed by atoms with Gasteiger partial charge in [0.15, 0.2) is 11.0 Å². The second-order valence-electron chi connectivity index (χ2n) is 6.29. The maximum atomic E-state index is 12.3. The van der Waals surface area contributed by atoms with Gasteiger partial charge >= 0.3 is 0 Å². The summed E-state index contributed by atoms with van der Waals surface area (Å²) >= 11 is 1.46. The molecule has 2 heterocycles. The minimum absolute atomic E-state index is 0.110. The van der Waals surface area contributed by atoms with Gasteiger partial charge in [-0.25, -0.2) is 0 Å². The summed E-state index contributed by atoms with van der Waals surface area (Å²) in [6.07, 6.45) is 4.78. The van der Waals surface area contributed by atoms with E-state index < -0.39 is 0 Å². The molecule has 0 unspecified atom stereocenters. The Morgan fingerprint density at radius 1 is 1.39 bits per heavy atom. The van der Waals surface area contributed by atoms with E-state index >= 15 is 0 Å². The molecule has 122 valence electrons. The highest BCUT2D eigenvalue weighted by molar-refractivity contribution is 8.00. The lowest BCUT2D eigenvalue weighted by atomic mass is 10.4. The first-order chi connectivity index (χ1) is 11.1. The van der Waals surface area contributed by atoms with E-state index in [0.717, 1.165) is 11.0 Å². The Morgan fingerprint density at radius 2 is 2.17 bits per heavy atom. The molecule has 2 fully saturated rings. The first kappa shape index (κ1) is 14.7. The maximum absolute atomic E-state index is 12.3. The number of thioether (sulfide) groups is 1. The maximum Gasteiger partial charge on any atom is 0.238 e. The number of carbonyl (C=O) groups is 1. The van der Waals surface area contributed by atoms with Crippen LogP contribution in [0.5, 0.6) is 0 Å². The van der Waals surface area contributed by atoms with Crippen molar-refractivity contribution in [2.45, 2.75) is 61.9 Å². The van der Waals surface area contributed by atoms with Crippen LogP contribution in [0.1, 0.15) is 56.2 Å². The standard InChI is InChI=1S/C15H19N5O2S/c1-8-7-12(19-22-8)16-14(21)9(2)23-15-18-17-13(10-3-4-10)20(15)11-5-6-11/h7,9-11H,3-6H2,1-2H3,(H,16,19,21)/t9-/m1/s1. The number of hydrogen-bond donors (Lipinski definition) is 1. The number of hydrogen-bond acceptors (Lipinski definition) is 6. The predicted molar refractivity (Wildman–Crippen MR) is 85.5 cm³/mol. The van der Waals surface area contributed by atoms with Gasteiger partial charge in [-0.3, -0.25) is 4.79 Å². The molecule has 23 heavy (non-hydrogen) atoms. The van der Waals surface area contributed by atoms with Crippen LogP contribution in [-0.4, -0.2) is 31.1 Å². The summed E-state index contributed by atoms with van der Waals surface area (Å²) < 4.78 is 7.22. The number of carbonyl (C=O) groups excluding carboxylic acids is 1. The third-order valence-electron chi connectivity index (χ3n) is 4.08. The largest absolute Gasteiger partial charge is 0.360 e. The fraction of sp³-hybridized carbons (Fsp3) is 0.600. The van der Waals surface area contributed by atoms with Crippen LogP contribution in [0.25, 0.3) is 0 Å². The zero-order valence-electron chi connectivity index (χ0n) is 13.2. The van der Waals surface area contributed by atoms with E-state index in [1.165, 1.54) is 37.4 Å². The van der Waals surface area contributed by atoms with Crippen molar-refractivity contribution >= 4 is 23.5 Å². The Hall–Kier alpha value is -1.83. The van der Waals surface area contributed by atoms with Crippen LogP contribution in [0.4, 0.5) is 5.82 Å². The molecule has 2 saturated carbocycles. The smallest absolute Gasteiger partial charge is 0.238 e. The zero-order chi connectivity index (χ0) is 16.0. The molecule has 0 aliphatic heterocycles. The van der Waals surface area contributed by atoms with Gasteiger partial charge in [0.2, 0.25) is 5.91 Å². The summed E-state index contributed by atoms with van der Waals surface area (Å²) in [5, 5.41) is 15.8. The summed E-state index contributed by atoms with van der Waals surface area (Å²) in [6, 6.07) is 2.23. The average molecular weight is 333 g/mol. The van der Waals surface area contributed by atoms with Gasteiger partial charge in [0.25, 0.3) is 0 Å². The van der Waals surface area contributed by atoms with Crippen LogP contribution < -0.4 is 5.32 Å². The van der Waals surface area contributed by atoms with E-state index in [1.54, 1.807) is 13.0 Å². The molecule has 2 aromatic heterocycles. The summed E-state index contributed by atoms with van der Waals surface area (Å²) in [6.45, 7) is 3.66. The molecular weight excluding hydrogens is 314 g/mol. The molecule has 0 radical (unpaired) electrons. The predicted octanol–water partition coefficient (Wildman–Crippen LogP) is 2.91. The van der Waals surface area contributed by atoms with Crippen LogP contribution in [0.2, 0.25) is 0 Å². The van der Waals surface area contributed by atoms with Crippen molar-refractivity contribution in [3.05, 3.63) is 17.7 Å². The molecule has 1 atom stereocenters. The molecule has 8 heteroatoms. The van der Waals surface area contributed by atoms with Crippen molar-refractivity contribution in [1.29, 1.82) is 0 Å². The highest BCUT2D eigenvalue weighted by Gasteiger charge is 2.37. The Bertz CT molecular complexity index is 732. The third kappa shape index (κ3) is 3.12. The van der Waals surface area contributed by atoms with Crippen molar-refractivity contribution < 1.29 is 9.32 Å². The molecule has 4 rings (SSSR count). The van der Waals surface area contributed by atoms with Crippen molar-refractivity contribution in [3.63, 3.8) is 0 Å². The Kier molecular flexibility index (Phi) is 3.63. The molecular formula is C15H19N5O2S. The molecule has 0 saturated heterocycles. The van der Waals surface area contributed by atoms with E-state index in [4.69, 9.17) is 4.52 Å². The lowest BCUT2D eigenvalue weighted by Gasteiger charge is -2.12. The number of nitrogens with zero attached hydrogens (tertiary/aromatic N) is 4. The number of rotatable bonds is 6. The summed E-state index contributed by atoms with van der Waals surface area (Å²) in [4.78, 5) is 12.3. The normalized spacial score (nSPS) is 18.9. The Balaban J connectivity index is 1.45. The first-order valence-electron chi connectivity index (χ1n) is 7.97. The van der Waals surface area contributed by atoms with Crippen LogP contribution in [0.3, 0.4) is 0 Å². The van der Waals surface area contributed by atoms with Gasteiger partial charge in [0.1, 0.15) is 11.6 Å². The summed E-state index contributed by atoms with van der Waals surface area (Å²) in [5.74, 6) is 2.68. The van der Waals surface area contributed by atoms with E-state index in [0.29, 0.717) is 23.5 Å². The van der Waals surface area contributed by atoms with Crippen molar-refractivity contribution in [1.82, 2.24) is 19.9 Å². The van der Waals surface area contributed by atoms with Crippen LogP contribution in [-0.2, 0) is 4.79 Å². The van der Waals surface area contributed by atoms with Crippen LogP contribution >= 0.6 is 11.8 Å². The van der Waals surface area contributed by atoms with E-state index in [-0.39, 0.29) is 11.2 Å². The number of nitrogens with one attached hydrogen (secondary N) is 1. The van der Waals surface area contributed by atoms with Crippen molar-refractivity contribution in [2.24, 2.45) is 0 Å². The lowest BCUT2D eigenvalue weighted by Crippen LogP contribution is -2.23. The van der Waals surface area contributed by atoms with Gasteiger partial charge in [-0.2, -0.15) is 0 Å². The van der Waals surface area contributed by atoms with Crippen LogP contribution in [0, 0.1) is 6.92 Å². The summed E-state index contributed by atoms with van der Waals surface area (Å²) in [5.41, 5.74) is 0. The fourth-order valence-corrected chi connectivity index (χ4v) is 3.46. The second-order valence-corrected chi connectivity index (χ2v) is 7.60. The number of aryl methyl sites for hydroxylation is 1. The Labute approximate surface area is 138 Å². The average Bonchev–Trinajstić information content (AvgIpc) is 3.44. The quantitative estimate of drug-likeness (QED) is 0.818. The molecule has 0 bridgehead atoms. The van der Waals surface area contributed by atoms with Crippen molar-refractivity contribution in [3.8, 4) is 0 Å². The highest BCUT2D eigenvalue weighted by atomic mass is 32.2. The highest BCUT2D eigenvalue weighted by Crippen LogP contribution is 2.46. The molecule has 2 aliphatic carbocycles. The Morgan fingerprint density at radius 3 is 2.78 bits per heavy atom. The van der Waals surface area contributed by atoms with Gasteiger partial charge < -0.3 is 14.4 Å². The molecule has 7 nitrogen and oxygen atoms in total. The molecule has 1 N–H and O–H groups in total. The second kappa shape index (κ2) is 5.67. The van der Waals surface area contributed by atoms with E-state index in [1.807, 2.05) is 6.92 Å². The van der Waals surface area contributed by atoms with E-state index in [2.05, 4.69) is 25.2 Å². The minimum Gasteiger partial charge on any atom is -0.360 e. The molecule has 2 aliphatic rings. The van der Waals surface area contributed by atoms with E-state index in [9.17, 15) is 4.79 Å². The molecule has 0 spiro atoms. The molecule has 0 aromatic carbocycles. The molecule has 2 aromatic rings. The number of amides is 1.